The highest BCUT2D eigenvalue weighted by molar-refractivity contribution is 8.18. The lowest BCUT2D eigenvalue weighted by molar-refractivity contribution is -0.142. The second kappa shape index (κ2) is 10.7. The quantitative estimate of drug-likeness (QED) is 0.408. The van der Waals surface area contributed by atoms with Crippen molar-refractivity contribution >= 4 is 40.9 Å². The number of carboxylic acids is 1. The maximum atomic E-state index is 14.5. The summed E-state index contributed by atoms with van der Waals surface area (Å²) in [6.07, 6.45) is 2.94. The molecule has 0 spiro atoms. The fourth-order valence-electron chi connectivity index (χ4n) is 3.70. The van der Waals surface area contributed by atoms with Gasteiger partial charge in [-0.05, 0) is 67.1 Å². The van der Waals surface area contributed by atoms with Gasteiger partial charge < -0.3 is 20.5 Å². The van der Waals surface area contributed by atoms with Gasteiger partial charge >= 0.3 is 5.97 Å². The summed E-state index contributed by atoms with van der Waals surface area (Å²) in [5.41, 5.74) is 0.814. The monoisotopic (exact) mass is 499 g/mol. The lowest BCUT2D eigenvalue weighted by Gasteiger charge is -2.18. The van der Waals surface area contributed by atoms with Crippen LogP contribution >= 0.6 is 11.8 Å². The van der Waals surface area contributed by atoms with Gasteiger partial charge in [-0.3, -0.25) is 19.7 Å². The van der Waals surface area contributed by atoms with Gasteiger partial charge in [-0.25, -0.2) is 9.18 Å². The van der Waals surface area contributed by atoms with Crippen molar-refractivity contribution in [1.29, 1.82) is 0 Å². The zero-order valence-corrected chi connectivity index (χ0v) is 19.2. The smallest absolute Gasteiger partial charge is 0.326 e. The standard InChI is InChI=1S/C24H22FN3O6S/c25-17-12-16(8-5-14(17)11-20-22(30)28-24(33)35-20)34-15-6-3-13(4-7-15)10-19(23(31)32)27-21(29)18-2-1-9-26-18/h3-8,11-12,18-19,26H,1-2,9-10H2,(H,27,29)(H,31,32)(H,28,30,33). The van der Waals surface area contributed by atoms with E-state index in [1.54, 1.807) is 24.3 Å². The van der Waals surface area contributed by atoms with Gasteiger partial charge in [0.15, 0.2) is 0 Å². The first kappa shape index (κ1) is 24.4. The van der Waals surface area contributed by atoms with E-state index in [0.717, 1.165) is 19.0 Å². The molecule has 4 N–H and O–H groups in total. The fourth-order valence-corrected chi connectivity index (χ4v) is 4.37. The van der Waals surface area contributed by atoms with Crippen LogP contribution in [0.25, 0.3) is 6.08 Å². The molecule has 2 aromatic rings. The van der Waals surface area contributed by atoms with E-state index < -0.39 is 29.0 Å². The predicted molar refractivity (Wildman–Crippen MR) is 126 cm³/mol. The number of imide groups is 1. The summed E-state index contributed by atoms with van der Waals surface area (Å²) >= 11 is 0.701. The van der Waals surface area contributed by atoms with Gasteiger partial charge in [-0.2, -0.15) is 0 Å². The second-order valence-electron chi connectivity index (χ2n) is 8.03. The molecule has 0 saturated carbocycles. The van der Waals surface area contributed by atoms with Crippen LogP contribution in [-0.4, -0.2) is 46.8 Å². The molecule has 0 aromatic heterocycles. The van der Waals surface area contributed by atoms with E-state index >= 15 is 0 Å². The SMILES string of the molecule is O=C1NC(=O)C(=Cc2ccc(Oc3ccc(CC(NC(=O)C4CCCN4)C(=O)O)cc3)cc2F)S1. The van der Waals surface area contributed by atoms with Crippen LogP contribution in [0.3, 0.4) is 0 Å². The number of carboxylic acid groups (broad SMARTS) is 1. The Labute approximate surface area is 204 Å². The lowest BCUT2D eigenvalue weighted by atomic mass is 10.1. The second-order valence-corrected chi connectivity index (χ2v) is 9.05. The van der Waals surface area contributed by atoms with Crippen LogP contribution in [0.5, 0.6) is 11.5 Å². The van der Waals surface area contributed by atoms with Gasteiger partial charge in [0, 0.05) is 18.1 Å². The molecule has 2 aliphatic heterocycles. The summed E-state index contributed by atoms with van der Waals surface area (Å²) in [4.78, 5) is 46.9. The molecule has 2 aromatic carbocycles. The summed E-state index contributed by atoms with van der Waals surface area (Å²) in [7, 11) is 0. The summed E-state index contributed by atoms with van der Waals surface area (Å²) in [6.45, 7) is 0.735. The molecule has 9 nitrogen and oxygen atoms in total. The van der Waals surface area contributed by atoms with Crippen molar-refractivity contribution in [3.63, 3.8) is 0 Å². The Hall–Kier alpha value is -3.70. The van der Waals surface area contributed by atoms with Gasteiger partial charge in [0.2, 0.25) is 5.91 Å². The Bertz CT molecular complexity index is 1190. The third-order valence-corrected chi connectivity index (χ3v) is 6.30. The number of nitrogens with one attached hydrogen (secondary N) is 3. The first-order valence-electron chi connectivity index (χ1n) is 10.9. The van der Waals surface area contributed by atoms with E-state index in [1.807, 2.05) is 0 Å². The van der Waals surface area contributed by atoms with Crippen molar-refractivity contribution in [1.82, 2.24) is 16.0 Å². The Balaban J connectivity index is 1.38. The molecule has 0 radical (unpaired) electrons. The fraction of sp³-hybridized carbons (Fsp3) is 0.250. The van der Waals surface area contributed by atoms with Crippen molar-refractivity contribution in [3.8, 4) is 11.5 Å². The Morgan fingerprint density at radius 3 is 2.54 bits per heavy atom. The van der Waals surface area contributed by atoms with Crippen molar-refractivity contribution < 1.29 is 33.4 Å². The topological polar surface area (TPSA) is 134 Å². The number of thioether (sulfide) groups is 1. The van der Waals surface area contributed by atoms with Crippen molar-refractivity contribution in [2.75, 3.05) is 6.54 Å². The van der Waals surface area contributed by atoms with Gasteiger partial charge in [-0.1, -0.05) is 12.1 Å². The van der Waals surface area contributed by atoms with Crippen molar-refractivity contribution in [2.24, 2.45) is 0 Å². The van der Waals surface area contributed by atoms with Crippen molar-refractivity contribution in [2.45, 2.75) is 31.3 Å². The Morgan fingerprint density at radius 2 is 1.94 bits per heavy atom. The van der Waals surface area contributed by atoms with E-state index in [2.05, 4.69) is 16.0 Å². The third kappa shape index (κ3) is 6.25. The van der Waals surface area contributed by atoms with E-state index in [0.29, 0.717) is 29.5 Å². The molecule has 2 unspecified atom stereocenters. The summed E-state index contributed by atoms with van der Waals surface area (Å²) < 4.78 is 20.2. The third-order valence-electron chi connectivity index (χ3n) is 5.49. The predicted octanol–water partition coefficient (Wildman–Crippen LogP) is 2.81. The molecule has 182 valence electrons. The molecule has 2 aliphatic rings. The van der Waals surface area contributed by atoms with Crippen LogP contribution in [0, 0.1) is 5.82 Å². The first-order chi connectivity index (χ1) is 16.8. The van der Waals surface area contributed by atoms with Crippen LogP contribution in [-0.2, 0) is 20.8 Å². The van der Waals surface area contributed by atoms with Crippen LogP contribution in [0.2, 0.25) is 0 Å². The zero-order valence-electron chi connectivity index (χ0n) is 18.4. The molecule has 3 amide bonds. The summed E-state index contributed by atoms with van der Waals surface area (Å²) in [5, 5.41) is 16.7. The molecule has 11 heteroatoms. The van der Waals surface area contributed by atoms with Crippen LogP contribution in [0.1, 0.15) is 24.0 Å². The minimum absolute atomic E-state index is 0.0974. The first-order valence-corrected chi connectivity index (χ1v) is 11.7. The molecule has 2 saturated heterocycles. The Morgan fingerprint density at radius 1 is 1.20 bits per heavy atom. The summed E-state index contributed by atoms with van der Waals surface area (Å²) in [5.74, 6) is -2.02. The number of carbonyl (C=O) groups excluding carboxylic acids is 3. The minimum atomic E-state index is -1.12. The normalized spacial score (nSPS) is 19.5. The van der Waals surface area contributed by atoms with E-state index in [1.165, 1.54) is 18.2 Å². The maximum Gasteiger partial charge on any atom is 0.326 e. The lowest BCUT2D eigenvalue weighted by Crippen LogP contribution is -2.49. The van der Waals surface area contributed by atoms with Gasteiger partial charge in [0.25, 0.3) is 11.1 Å². The molecule has 0 bridgehead atoms. The molecule has 2 fully saturated rings. The Kier molecular flexibility index (Phi) is 7.47. The van der Waals surface area contributed by atoms with Gasteiger partial charge in [-0.15, -0.1) is 0 Å². The minimum Gasteiger partial charge on any atom is -0.480 e. The van der Waals surface area contributed by atoms with E-state index in [9.17, 15) is 28.7 Å². The zero-order chi connectivity index (χ0) is 24.9. The van der Waals surface area contributed by atoms with E-state index in [4.69, 9.17) is 4.74 Å². The van der Waals surface area contributed by atoms with Crippen molar-refractivity contribution in [3.05, 3.63) is 64.3 Å². The maximum absolute atomic E-state index is 14.5. The average Bonchev–Trinajstić information content (AvgIpc) is 3.46. The number of halogens is 1. The molecule has 2 atom stereocenters. The number of benzene rings is 2. The number of ether oxygens (including phenoxy) is 1. The molecule has 4 rings (SSSR count). The largest absolute Gasteiger partial charge is 0.480 e. The molecule has 2 heterocycles. The molecular weight excluding hydrogens is 477 g/mol. The van der Waals surface area contributed by atoms with Crippen LogP contribution < -0.4 is 20.7 Å². The van der Waals surface area contributed by atoms with Gasteiger partial charge in [0.05, 0.1) is 10.9 Å². The molecule has 35 heavy (non-hydrogen) atoms. The number of hydrogen-bond acceptors (Lipinski definition) is 7. The highest BCUT2D eigenvalue weighted by atomic mass is 32.2. The number of aliphatic carboxylic acids is 1. The highest BCUT2D eigenvalue weighted by Gasteiger charge is 2.27. The van der Waals surface area contributed by atoms with Crippen LogP contribution in [0.15, 0.2) is 47.4 Å². The number of amides is 3. The van der Waals surface area contributed by atoms with Crippen LogP contribution in [0.4, 0.5) is 9.18 Å². The van der Waals surface area contributed by atoms with E-state index in [-0.39, 0.29) is 34.6 Å². The number of carbonyl (C=O) groups is 4. The van der Waals surface area contributed by atoms with Gasteiger partial charge in [0.1, 0.15) is 23.4 Å². The average molecular weight is 500 g/mol. The number of hydrogen-bond donors (Lipinski definition) is 4. The number of rotatable bonds is 8. The molecule has 0 aliphatic carbocycles. The summed E-state index contributed by atoms with van der Waals surface area (Å²) in [6, 6.07) is 9.27. The highest BCUT2D eigenvalue weighted by Crippen LogP contribution is 2.29. The molecular formula is C24H22FN3O6S.